The predicted octanol–water partition coefficient (Wildman–Crippen LogP) is 0.566. The Kier molecular flexibility index (Phi) is 2.57. The van der Waals surface area contributed by atoms with E-state index in [1.165, 1.54) is 0 Å². The Morgan fingerprint density at radius 3 is 2.92 bits per heavy atom. The van der Waals surface area contributed by atoms with Gasteiger partial charge < -0.3 is 10.5 Å². The van der Waals surface area contributed by atoms with E-state index in [0.717, 1.165) is 6.42 Å². The van der Waals surface area contributed by atoms with Gasteiger partial charge >= 0.3 is 6.09 Å². The van der Waals surface area contributed by atoms with E-state index in [1.54, 1.807) is 4.90 Å². The van der Waals surface area contributed by atoms with E-state index in [2.05, 4.69) is 0 Å². The number of hydrogen-bond acceptors (Lipinski definition) is 3. The van der Waals surface area contributed by atoms with E-state index in [4.69, 9.17) is 10.5 Å². The van der Waals surface area contributed by atoms with E-state index >= 15 is 0 Å². The van der Waals surface area contributed by atoms with Gasteiger partial charge in [-0.3, -0.25) is 4.90 Å². The summed E-state index contributed by atoms with van der Waals surface area (Å²) in [7, 11) is 0. The molecule has 1 amide bonds. The molecule has 1 atom stereocenters. The van der Waals surface area contributed by atoms with Crippen molar-refractivity contribution in [3.63, 3.8) is 0 Å². The zero-order chi connectivity index (χ0) is 9.19. The minimum atomic E-state index is -0.214. The number of cyclic esters (lactones) is 1. The number of hydrogen-bond donors (Lipinski definition) is 1. The first kappa shape index (κ1) is 9.32. The Morgan fingerprint density at radius 2 is 2.42 bits per heavy atom. The first-order valence-corrected chi connectivity index (χ1v) is 4.28. The molecule has 1 rings (SSSR count). The van der Waals surface area contributed by atoms with Gasteiger partial charge in [-0.2, -0.15) is 0 Å². The lowest BCUT2D eigenvalue weighted by molar-refractivity contribution is 0.155. The molecule has 1 unspecified atom stereocenters. The highest BCUT2D eigenvalue weighted by molar-refractivity contribution is 5.71. The standard InChI is InChI=1S/C8H16N2O2/c1-3-10-7(11)12-6-8(10,2)4-5-9/h3-6,9H2,1-2H3. The van der Waals surface area contributed by atoms with Crippen molar-refractivity contribution in [2.75, 3.05) is 19.7 Å². The van der Waals surface area contributed by atoms with Gasteiger partial charge in [0.2, 0.25) is 0 Å². The van der Waals surface area contributed by atoms with E-state index < -0.39 is 0 Å². The third-order valence-electron chi connectivity index (χ3n) is 2.38. The summed E-state index contributed by atoms with van der Waals surface area (Å²) in [6.45, 7) is 5.70. The van der Waals surface area contributed by atoms with Crippen LogP contribution in [0.5, 0.6) is 0 Å². The number of likely N-dealkylation sites (N-methyl/N-ethyl adjacent to an activating group) is 1. The van der Waals surface area contributed by atoms with Crippen molar-refractivity contribution in [2.24, 2.45) is 5.73 Å². The molecule has 0 bridgehead atoms. The van der Waals surface area contributed by atoms with Gasteiger partial charge in [0.05, 0.1) is 5.54 Å². The van der Waals surface area contributed by atoms with Crippen LogP contribution in [0.2, 0.25) is 0 Å². The molecule has 12 heavy (non-hydrogen) atoms. The monoisotopic (exact) mass is 172 g/mol. The molecule has 0 saturated carbocycles. The minimum Gasteiger partial charge on any atom is -0.447 e. The van der Waals surface area contributed by atoms with Crippen molar-refractivity contribution in [3.05, 3.63) is 0 Å². The van der Waals surface area contributed by atoms with E-state index in [9.17, 15) is 4.79 Å². The van der Waals surface area contributed by atoms with E-state index in [1.807, 2.05) is 13.8 Å². The second-order valence-corrected chi connectivity index (χ2v) is 3.33. The summed E-state index contributed by atoms with van der Waals surface area (Å²) in [5.41, 5.74) is 5.28. The van der Waals surface area contributed by atoms with E-state index in [0.29, 0.717) is 19.7 Å². The second-order valence-electron chi connectivity index (χ2n) is 3.33. The molecule has 0 aliphatic carbocycles. The highest BCUT2D eigenvalue weighted by atomic mass is 16.6. The van der Waals surface area contributed by atoms with E-state index in [-0.39, 0.29) is 11.6 Å². The Hall–Kier alpha value is -0.770. The lowest BCUT2D eigenvalue weighted by atomic mass is 9.98. The van der Waals surface area contributed by atoms with Crippen LogP contribution >= 0.6 is 0 Å². The van der Waals surface area contributed by atoms with Crippen LogP contribution in [0.15, 0.2) is 0 Å². The Labute approximate surface area is 72.7 Å². The van der Waals surface area contributed by atoms with Gasteiger partial charge in [-0.15, -0.1) is 0 Å². The fraction of sp³-hybridized carbons (Fsp3) is 0.875. The van der Waals surface area contributed by atoms with Gasteiger partial charge in [0.25, 0.3) is 0 Å². The smallest absolute Gasteiger partial charge is 0.410 e. The van der Waals surface area contributed by atoms with Gasteiger partial charge in [0.1, 0.15) is 6.61 Å². The van der Waals surface area contributed by atoms with Gasteiger partial charge in [0.15, 0.2) is 0 Å². The van der Waals surface area contributed by atoms with Gasteiger partial charge in [0, 0.05) is 6.54 Å². The zero-order valence-electron chi connectivity index (χ0n) is 7.67. The van der Waals surface area contributed by atoms with Gasteiger partial charge in [-0.1, -0.05) is 0 Å². The molecule has 1 fully saturated rings. The number of amides is 1. The van der Waals surface area contributed by atoms with Crippen LogP contribution in [0.25, 0.3) is 0 Å². The SMILES string of the molecule is CCN1C(=O)OCC1(C)CCN. The molecule has 1 heterocycles. The summed E-state index contributed by atoms with van der Waals surface area (Å²) in [4.78, 5) is 12.9. The summed E-state index contributed by atoms with van der Waals surface area (Å²) < 4.78 is 4.96. The second kappa shape index (κ2) is 3.31. The fourth-order valence-corrected chi connectivity index (χ4v) is 1.62. The molecule has 2 N–H and O–H groups in total. The zero-order valence-corrected chi connectivity index (χ0v) is 7.67. The maximum absolute atomic E-state index is 11.2. The van der Waals surface area contributed by atoms with Crippen LogP contribution in [0, 0.1) is 0 Å². The lowest BCUT2D eigenvalue weighted by Crippen LogP contribution is -2.45. The number of nitrogens with zero attached hydrogens (tertiary/aromatic N) is 1. The Balaban J connectivity index is 2.69. The van der Waals surface area contributed by atoms with Crippen LogP contribution in [0.4, 0.5) is 4.79 Å². The third-order valence-corrected chi connectivity index (χ3v) is 2.38. The van der Waals surface area contributed by atoms with Crippen LogP contribution in [0.1, 0.15) is 20.3 Å². The van der Waals surface area contributed by atoms with Crippen LogP contribution in [-0.4, -0.2) is 36.2 Å². The summed E-state index contributed by atoms with van der Waals surface area (Å²) in [5.74, 6) is 0. The maximum atomic E-state index is 11.2. The lowest BCUT2D eigenvalue weighted by Gasteiger charge is -2.30. The number of carbonyl (C=O) groups excluding carboxylic acids is 1. The molecule has 0 aromatic rings. The summed E-state index contributed by atoms with van der Waals surface area (Å²) in [6, 6.07) is 0. The summed E-state index contributed by atoms with van der Waals surface area (Å²) in [6.07, 6.45) is 0.584. The Morgan fingerprint density at radius 1 is 1.75 bits per heavy atom. The quantitative estimate of drug-likeness (QED) is 0.677. The molecule has 0 aromatic carbocycles. The summed E-state index contributed by atoms with van der Waals surface area (Å²) >= 11 is 0. The van der Waals surface area contributed by atoms with Crippen molar-refractivity contribution in [1.29, 1.82) is 0 Å². The fourth-order valence-electron chi connectivity index (χ4n) is 1.62. The normalized spacial score (nSPS) is 29.2. The number of carbonyl (C=O) groups is 1. The molecule has 70 valence electrons. The van der Waals surface area contributed by atoms with Crippen LogP contribution in [0.3, 0.4) is 0 Å². The predicted molar refractivity (Wildman–Crippen MR) is 45.8 cm³/mol. The molecule has 1 aliphatic heterocycles. The molecule has 0 aromatic heterocycles. The van der Waals surface area contributed by atoms with Crippen LogP contribution < -0.4 is 5.73 Å². The van der Waals surface area contributed by atoms with Crippen molar-refractivity contribution in [1.82, 2.24) is 4.90 Å². The molecule has 1 saturated heterocycles. The average Bonchev–Trinajstić information content (AvgIpc) is 2.28. The number of rotatable bonds is 3. The maximum Gasteiger partial charge on any atom is 0.410 e. The molecular formula is C8H16N2O2. The third kappa shape index (κ3) is 1.39. The first-order chi connectivity index (χ1) is 5.64. The Bertz CT molecular complexity index is 184. The molecular weight excluding hydrogens is 156 g/mol. The first-order valence-electron chi connectivity index (χ1n) is 4.28. The number of ether oxygens (including phenoxy) is 1. The number of nitrogens with two attached hydrogens (primary N) is 1. The molecule has 1 aliphatic rings. The molecule has 4 nitrogen and oxygen atoms in total. The van der Waals surface area contributed by atoms with Gasteiger partial charge in [-0.05, 0) is 26.8 Å². The minimum absolute atomic E-state index is 0.180. The van der Waals surface area contributed by atoms with Crippen molar-refractivity contribution in [2.45, 2.75) is 25.8 Å². The van der Waals surface area contributed by atoms with Crippen molar-refractivity contribution in [3.8, 4) is 0 Å². The topological polar surface area (TPSA) is 55.6 Å². The average molecular weight is 172 g/mol. The highest BCUT2D eigenvalue weighted by Crippen LogP contribution is 2.26. The molecule has 0 spiro atoms. The van der Waals surface area contributed by atoms with Crippen molar-refractivity contribution < 1.29 is 9.53 Å². The molecule has 4 heteroatoms. The molecule has 0 radical (unpaired) electrons. The summed E-state index contributed by atoms with van der Waals surface area (Å²) in [5, 5.41) is 0. The largest absolute Gasteiger partial charge is 0.447 e. The van der Waals surface area contributed by atoms with Crippen LogP contribution in [-0.2, 0) is 4.74 Å². The van der Waals surface area contributed by atoms with Crippen molar-refractivity contribution >= 4 is 6.09 Å². The van der Waals surface area contributed by atoms with Gasteiger partial charge in [-0.25, -0.2) is 4.79 Å². The highest BCUT2D eigenvalue weighted by Gasteiger charge is 2.41.